The summed E-state index contributed by atoms with van der Waals surface area (Å²) in [6.45, 7) is 2.62. The summed E-state index contributed by atoms with van der Waals surface area (Å²) < 4.78 is 44.9. The van der Waals surface area contributed by atoms with Gasteiger partial charge in [0.1, 0.15) is 6.04 Å². The fraction of sp³-hybridized carbons (Fsp3) is 0.500. The van der Waals surface area contributed by atoms with E-state index < -0.39 is 23.9 Å². The molecule has 0 aliphatic carbocycles. The highest BCUT2D eigenvalue weighted by atomic mass is 19.4. The van der Waals surface area contributed by atoms with E-state index in [1.54, 1.807) is 0 Å². The molecule has 0 aromatic heterocycles. The third-order valence-electron chi connectivity index (χ3n) is 3.38. The predicted molar refractivity (Wildman–Crippen MR) is 72.7 cm³/mol. The maximum absolute atomic E-state index is 13.4. The molecule has 22 heavy (non-hydrogen) atoms. The monoisotopic (exact) mass is 318 g/mol. The van der Waals surface area contributed by atoms with Crippen molar-refractivity contribution < 1.29 is 27.8 Å². The molecule has 122 valence electrons. The molecule has 1 saturated heterocycles. The minimum Gasteiger partial charge on any atom is -0.504 e. The first kappa shape index (κ1) is 16.6. The molecule has 0 spiro atoms. The lowest BCUT2D eigenvalue weighted by Gasteiger charge is -2.36. The molecule has 1 aromatic rings. The van der Waals surface area contributed by atoms with Gasteiger partial charge in [0.15, 0.2) is 11.5 Å². The van der Waals surface area contributed by atoms with E-state index in [2.05, 4.69) is 5.32 Å². The van der Waals surface area contributed by atoms with Crippen LogP contribution < -0.4 is 10.1 Å². The largest absolute Gasteiger partial charge is 0.504 e. The predicted octanol–water partition coefficient (Wildman–Crippen LogP) is 1.83. The molecular formula is C14H17F3N2O3. The van der Waals surface area contributed by atoms with Gasteiger partial charge in [-0.15, -0.1) is 0 Å². The number of carbonyl (C=O) groups is 1. The van der Waals surface area contributed by atoms with Crippen molar-refractivity contribution in [1.29, 1.82) is 0 Å². The third-order valence-corrected chi connectivity index (χ3v) is 3.38. The van der Waals surface area contributed by atoms with E-state index in [9.17, 15) is 23.1 Å². The number of phenolic OH excluding ortho intramolecular Hbond substituents is 1. The van der Waals surface area contributed by atoms with Gasteiger partial charge in [0.2, 0.25) is 0 Å². The lowest BCUT2D eigenvalue weighted by atomic mass is 10.0. The molecule has 0 saturated carbocycles. The SMILES string of the molecule is CC(=O)Oc1ccc([C@@H](N2CCNCC2)C(F)(F)F)cc1O. The Labute approximate surface area is 125 Å². The molecule has 8 heteroatoms. The molecule has 2 rings (SSSR count). The van der Waals surface area contributed by atoms with Crippen LogP contribution in [-0.4, -0.2) is 48.3 Å². The van der Waals surface area contributed by atoms with Crippen LogP contribution in [0.5, 0.6) is 11.5 Å². The number of carbonyl (C=O) groups excluding carboxylic acids is 1. The number of esters is 1. The van der Waals surface area contributed by atoms with Gasteiger partial charge in [0.25, 0.3) is 0 Å². The second-order valence-corrected chi connectivity index (χ2v) is 5.05. The number of halogens is 3. The Morgan fingerprint density at radius 3 is 2.50 bits per heavy atom. The highest BCUT2D eigenvalue weighted by Gasteiger charge is 2.45. The maximum atomic E-state index is 13.4. The zero-order chi connectivity index (χ0) is 16.3. The molecule has 1 atom stereocenters. The lowest BCUT2D eigenvalue weighted by Crippen LogP contribution is -2.49. The van der Waals surface area contributed by atoms with Crippen LogP contribution in [0, 0.1) is 0 Å². The minimum absolute atomic E-state index is 0.0807. The van der Waals surface area contributed by atoms with Gasteiger partial charge in [-0.1, -0.05) is 6.07 Å². The second kappa shape index (κ2) is 6.53. The summed E-state index contributed by atoms with van der Waals surface area (Å²) in [5, 5.41) is 12.8. The van der Waals surface area contributed by atoms with Gasteiger partial charge in [0, 0.05) is 33.1 Å². The quantitative estimate of drug-likeness (QED) is 0.658. The lowest BCUT2D eigenvalue weighted by molar-refractivity contribution is -0.187. The fourth-order valence-electron chi connectivity index (χ4n) is 2.49. The topological polar surface area (TPSA) is 61.8 Å². The molecule has 0 bridgehead atoms. The van der Waals surface area contributed by atoms with E-state index in [1.165, 1.54) is 17.0 Å². The first-order valence-electron chi connectivity index (χ1n) is 6.82. The number of hydrogen-bond donors (Lipinski definition) is 2. The average molecular weight is 318 g/mol. The Kier molecular flexibility index (Phi) is 4.92. The van der Waals surface area contributed by atoms with Gasteiger partial charge in [0.05, 0.1) is 0 Å². The van der Waals surface area contributed by atoms with E-state index in [0.29, 0.717) is 13.1 Å². The molecule has 1 fully saturated rings. The van der Waals surface area contributed by atoms with Crippen LogP contribution in [0.25, 0.3) is 0 Å². The van der Waals surface area contributed by atoms with E-state index in [1.807, 2.05) is 0 Å². The van der Waals surface area contributed by atoms with Gasteiger partial charge in [-0.25, -0.2) is 0 Å². The van der Waals surface area contributed by atoms with Crippen LogP contribution in [-0.2, 0) is 4.79 Å². The Hall–Kier alpha value is -1.80. The van der Waals surface area contributed by atoms with Crippen molar-refractivity contribution in [2.45, 2.75) is 19.1 Å². The number of nitrogens with zero attached hydrogens (tertiary/aromatic N) is 1. The van der Waals surface area contributed by atoms with Crippen molar-refractivity contribution in [2.24, 2.45) is 0 Å². The summed E-state index contributed by atoms with van der Waals surface area (Å²) in [5.41, 5.74) is -0.0807. The molecule has 5 nitrogen and oxygen atoms in total. The molecule has 0 radical (unpaired) electrons. The molecular weight excluding hydrogens is 301 g/mol. The van der Waals surface area contributed by atoms with Gasteiger partial charge in [-0.2, -0.15) is 13.2 Å². The molecule has 1 heterocycles. The number of phenols is 1. The van der Waals surface area contributed by atoms with E-state index in [0.717, 1.165) is 13.0 Å². The Balaban J connectivity index is 2.31. The standard InChI is InChI=1S/C14H17F3N2O3/c1-9(20)22-12-3-2-10(8-11(12)21)13(14(15,16)17)19-6-4-18-5-7-19/h2-3,8,13,18,21H,4-7H2,1H3/t13-/m1/s1. The maximum Gasteiger partial charge on any atom is 0.408 e. The first-order chi connectivity index (χ1) is 10.3. The van der Waals surface area contributed by atoms with Gasteiger partial charge in [-0.3, -0.25) is 9.69 Å². The molecule has 0 amide bonds. The summed E-state index contributed by atoms with van der Waals surface area (Å²) in [7, 11) is 0. The smallest absolute Gasteiger partial charge is 0.408 e. The van der Waals surface area contributed by atoms with Crippen LogP contribution in [0.4, 0.5) is 13.2 Å². The van der Waals surface area contributed by atoms with Gasteiger partial charge in [-0.05, 0) is 17.7 Å². The van der Waals surface area contributed by atoms with E-state index >= 15 is 0 Å². The Morgan fingerprint density at radius 1 is 1.36 bits per heavy atom. The summed E-state index contributed by atoms with van der Waals surface area (Å²) in [4.78, 5) is 12.2. The van der Waals surface area contributed by atoms with Crippen molar-refractivity contribution in [1.82, 2.24) is 10.2 Å². The van der Waals surface area contributed by atoms with Crippen molar-refractivity contribution in [2.75, 3.05) is 26.2 Å². The summed E-state index contributed by atoms with van der Waals surface area (Å²) in [6.07, 6.45) is -4.47. The van der Waals surface area contributed by atoms with Gasteiger partial charge < -0.3 is 15.2 Å². The Bertz CT molecular complexity index is 543. The minimum atomic E-state index is -4.47. The molecule has 1 aliphatic rings. The summed E-state index contributed by atoms with van der Waals surface area (Å²) in [6, 6.07) is 1.59. The fourth-order valence-corrected chi connectivity index (χ4v) is 2.49. The number of ether oxygens (including phenoxy) is 1. The number of hydrogen-bond acceptors (Lipinski definition) is 5. The second-order valence-electron chi connectivity index (χ2n) is 5.05. The normalized spacial score (nSPS) is 18.0. The van der Waals surface area contributed by atoms with Crippen molar-refractivity contribution in [3.63, 3.8) is 0 Å². The van der Waals surface area contributed by atoms with Crippen LogP contribution in [0.2, 0.25) is 0 Å². The number of rotatable bonds is 3. The van der Waals surface area contributed by atoms with Crippen molar-refractivity contribution in [3.8, 4) is 11.5 Å². The molecule has 2 N–H and O–H groups in total. The van der Waals surface area contributed by atoms with E-state index in [4.69, 9.17) is 4.74 Å². The average Bonchev–Trinajstić information content (AvgIpc) is 2.41. The molecule has 1 aliphatic heterocycles. The number of benzene rings is 1. The third kappa shape index (κ3) is 3.89. The summed E-state index contributed by atoms with van der Waals surface area (Å²) >= 11 is 0. The molecule has 0 unspecified atom stereocenters. The number of piperazine rings is 1. The van der Waals surface area contributed by atoms with E-state index in [-0.39, 0.29) is 24.4 Å². The van der Waals surface area contributed by atoms with Crippen LogP contribution >= 0.6 is 0 Å². The van der Waals surface area contributed by atoms with Gasteiger partial charge >= 0.3 is 12.1 Å². The molecule has 1 aromatic carbocycles. The number of alkyl halides is 3. The highest BCUT2D eigenvalue weighted by molar-refractivity contribution is 5.70. The van der Waals surface area contributed by atoms with Crippen LogP contribution in [0.3, 0.4) is 0 Å². The summed E-state index contributed by atoms with van der Waals surface area (Å²) in [5.74, 6) is -1.30. The van der Waals surface area contributed by atoms with Crippen LogP contribution in [0.15, 0.2) is 18.2 Å². The number of nitrogens with one attached hydrogen (secondary N) is 1. The first-order valence-corrected chi connectivity index (χ1v) is 6.82. The number of aromatic hydroxyl groups is 1. The zero-order valence-corrected chi connectivity index (χ0v) is 12.0. The highest BCUT2D eigenvalue weighted by Crippen LogP contribution is 2.40. The zero-order valence-electron chi connectivity index (χ0n) is 12.0. The van der Waals surface area contributed by atoms with Crippen molar-refractivity contribution in [3.05, 3.63) is 23.8 Å². The van der Waals surface area contributed by atoms with Crippen molar-refractivity contribution >= 4 is 5.97 Å². The Morgan fingerprint density at radius 2 is 2.00 bits per heavy atom. The van der Waals surface area contributed by atoms with Crippen LogP contribution in [0.1, 0.15) is 18.5 Å².